The van der Waals surface area contributed by atoms with Crippen LogP contribution in [0.15, 0.2) is 30.5 Å². The zero-order valence-electron chi connectivity index (χ0n) is 19.2. The second-order valence-corrected chi connectivity index (χ2v) is 11.7. The summed E-state index contributed by atoms with van der Waals surface area (Å²) in [4.78, 5) is 15.5. The fraction of sp³-hybridized carbons (Fsp3) is 0.500. The SMILES string of the molecule is CS(=O)(=O)C1(c2nc(-c3cccc4[nH]ccc34)nc3c2OCC2CCOCCN32)CCNCC1. The summed E-state index contributed by atoms with van der Waals surface area (Å²) in [5, 5.41) is 4.30. The second-order valence-electron chi connectivity index (χ2n) is 9.37. The molecule has 2 fully saturated rings. The van der Waals surface area contributed by atoms with Gasteiger partial charge in [-0.15, -0.1) is 0 Å². The van der Waals surface area contributed by atoms with Crippen LogP contribution in [-0.2, 0) is 19.3 Å². The molecule has 34 heavy (non-hydrogen) atoms. The van der Waals surface area contributed by atoms with Gasteiger partial charge >= 0.3 is 0 Å². The van der Waals surface area contributed by atoms with Crippen molar-refractivity contribution in [3.8, 4) is 17.1 Å². The van der Waals surface area contributed by atoms with Crippen LogP contribution in [0.4, 0.5) is 5.82 Å². The quantitative estimate of drug-likeness (QED) is 0.584. The van der Waals surface area contributed by atoms with E-state index in [9.17, 15) is 8.42 Å². The Morgan fingerprint density at radius 1 is 1.15 bits per heavy atom. The number of sulfone groups is 1. The topological polar surface area (TPSA) is 109 Å². The summed E-state index contributed by atoms with van der Waals surface area (Å²) in [6, 6.07) is 8.10. The second kappa shape index (κ2) is 8.21. The van der Waals surface area contributed by atoms with Gasteiger partial charge < -0.3 is 24.7 Å². The molecule has 0 bridgehead atoms. The molecule has 180 valence electrons. The molecule has 0 radical (unpaired) electrons. The Kier molecular flexibility index (Phi) is 5.27. The molecular weight excluding hydrogens is 454 g/mol. The molecule has 3 aliphatic heterocycles. The van der Waals surface area contributed by atoms with Crippen molar-refractivity contribution >= 4 is 26.6 Å². The number of aromatic amines is 1. The van der Waals surface area contributed by atoms with Gasteiger partial charge in [0.1, 0.15) is 17.0 Å². The number of fused-ring (bicyclic) bond motifs is 4. The smallest absolute Gasteiger partial charge is 0.185 e. The largest absolute Gasteiger partial charge is 0.486 e. The highest BCUT2D eigenvalue weighted by molar-refractivity contribution is 7.91. The number of nitrogens with zero attached hydrogens (tertiary/aromatic N) is 3. The minimum atomic E-state index is -3.50. The first-order valence-electron chi connectivity index (χ1n) is 11.8. The van der Waals surface area contributed by atoms with Gasteiger partial charge in [0.25, 0.3) is 0 Å². The zero-order valence-corrected chi connectivity index (χ0v) is 20.0. The molecule has 1 aromatic carbocycles. The van der Waals surface area contributed by atoms with Gasteiger partial charge in [0.2, 0.25) is 0 Å². The van der Waals surface area contributed by atoms with Crippen LogP contribution in [-0.4, -0.2) is 75.1 Å². The van der Waals surface area contributed by atoms with Crippen molar-refractivity contribution in [2.45, 2.75) is 30.1 Å². The highest BCUT2D eigenvalue weighted by Gasteiger charge is 2.49. The average molecular weight is 484 g/mol. The van der Waals surface area contributed by atoms with Crippen LogP contribution in [0.3, 0.4) is 0 Å². The molecule has 6 rings (SSSR count). The summed E-state index contributed by atoms with van der Waals surface area (Å²) in [6.45, 7) is 3.63. The normalized spacial score (nSPS) is 22.5. The molecule has 2 N–H and O–H groups in total. The third-order valence-corrected chi connectivity index (χ3v) is 9.46. The van der Waals surface area contributed by atoms with Crippen molar-refractivity contribution in [2.75, 3.05) is 50.6 Å². The Labute approximate surface area is 198 Å². The van der Waals surface area contributed by atoms with Crippen LogP contribution in [0.25, 0.3) is 22.3 Å². The van der Waals surface area contributed by atoms with E-state index in [-0.39, 0.29) is 6.04 Å². The van der Waals surface area contributed by atoms with Crippen molar-refractivity contribution in [2.24, 2.45) is 0 Å². The number of anilines is 1. The number of nitrogens with one attached hydrogen (secondary N) is 2. The van der Waals surface area contributed by atoms with Crippen molar-refractivity contribution in [3.63, 3.8) is 0 Å². The van der Waals surface area contributed by atoms with E-state index in [4.69, 9.17) is 19.4 Å². The van der Waals surface area contributed by atoms with Crippen LogP contribution in [0, 0.1) is 0 Å². The number of aromatic nitrogens is 3. The molecule has 3 aromatic rings. The van der Waals surface area contributed by atoms with E-state index >= 15 is 0 Å². The molecule has 0 saturated carbocycles. The fourth-order valence-electron chi connectivity index (χ4n) is 5.54. The lowest BCUT2D eigenvalue weighted by Gasteiger charge is -2.41. The molecule has 3 aliphatic rings. The molecule has 0 aliphatic carbocycles. The minimum absolute atomic E-state index is 0.135. The maximum atomic E-state index is 13.4. The molecule has 9 nitrogen and oxygen atoms in total. The molecule has 1 atom stereocenters. The van der Waals surface area contributed by atoms with Gasteiger partial charge in [0.15, 0.2) is 27.2 Å². The summed E-state index contributed by atoms with van der Waals surface area (Å²) in [7, 11) is -3.50. The molecule has 10 heteroatoms. The van der Waals surface area contributed by atoms with E-state index in [0.717, 1.165) is 22.9 Å². The summed E-state index contributed by atoms with van der Waals surface area (Å²) < 4.78 is 37.7. The molecule has 0 spiro atoms. The van der Waals surface area contributed by atoms with E-state index in [0.29, 0.717) is 75.4 Å². The minimum Gasteiger partial charge on any atom is -0.486 e. The van der Waals surface area contributed by atoms with Gasteiger partial charge in [0, 0.05) is 42.1 Å². The Bertz CT molecular complexity index is 1330. The van der Waals surface area contributed by atoms with Crippen molar-refractivity contribution in [3.05, 3.63) is 36.2 Å². The lowest BCUT2D eigenvalue weighted by molar-refractivity contribution is 0.147. The van der Waals surface area contributed by atoms with Gasteiger partial charge in [-0.1, -0.05) is 12.1 Å². The monoisotopic (exact) mass is 483 g/mol. The first kappa shape index (κ1) is 21.8. The predicted octanol–water partition coefficient (Wildman–Crippen LogP) is 2.24. The van der Waals surface area contributed by atoms with Crippen molar-refractivity contribution in [1.29, 1.82) is 0 Å². The Morgan fingerprint density at radius 2 is 2.00 bits per heavy atom. The maximum Gasteiger partial charge on any atom is 0.185 e. The fourth-order valence-corrected chi connectivity index (χ4v) is 6.98. The number of benzene rings is 1. The Balaban J connectivity index is 1.63. The Morgan fingerprint density at radius 3 is 2.82 bits per heavy atom. The molecule has 5 heterocycles. The van der Waals surface area contributed by atoms with Crippen molar-refractivity contribution in [1.82, 2.24) is 20.3 Å². The summed E-state index contributed by atoms with van der Waals surface area (Å²) in [6.07, 6.45) is 4.94. The summed E-state index contributed by atoms with van der Waals surface area (Å²) >= 11 is 0. The standard InChI is InChI=1S/C24H29N5O4S/c1-34(30,31)24(7-10-25-11-8-24)21-20-23(29-12-14-32-13-6-16(29)15-33-20)28-22(27-21)18-3-2-4-19-17(18)5-9-26-19/h2-5,9,16,25-26H,6-8,10-15H2,1H3. The van der Waals surface area contributed by atoms with Gasteiger partial charge in [-0.25, -0.2) is 18.4 Å². The van der Waals surface area contributed by atoms with Gasteiger partial charge in [-0.05, 0) is 44.5 Å². The summed E-state index contributed by atoms with van der Waals surface area (Å²) in [5.74, 6) is 1.71. The highest BCUT2D eigenvalue weighted by Crippen LogP contribution is 2.48. The molecule has 2 saturated heterocycles. The molecule has 1 unspecified atom stereocenters. The number of rotatable bonds is 3. The van der Waals surface area contributed by atoms with Crippen molar-refractivity contribution < 1.29 is 17.9 Å². The van der Waals surface area contributed by atoms with E-state index in [1.807, 2.05) is 30.5 Å². The third-order valence-electron chi connectivity index (χ3n) is 7.44. The van der Waals surface area contributed by atoms with Gasteiger partial charge in [-0.3, -0.25) is 0 Å². The predicted molar refractivity (Wildman–Crippen MR) is 130 cm³/mol. The molecule has 2 aromatic heterocycles. The highest BCUT2D eigenvalue weighted by atomic mass is 32.2. The summed E-state index contributed by atoms with van der Waals surface area (Å²) in [5.41, 5.74) is 2.35. The van der Waals surface area contributed by atoms with E-state index in [1.165, 1.54) is 6.26 Å². The van der Waals surface area contributed by atoms with Crippen LogP contribution in [0.2, 0.25) is 0 Å². The zero-order chi connectivity index (χ0) is 23.3. The van der Waals surface area contributed by atoms with E-state index < -0.39 is 14.6 Å². The lowest BCUT2D eigenvalue weighted by Crippen LogP contribution is -2.48. The lowest BCUT2D eigenvalue weighted by atomic mass is 9.91. The van der Waals surface area contributed by atoms with Crippen LogP contribution in [0.5, 0.6) is 5.75 Å². The number of hydrogen-bond acceptors (Lipinski definition) is 8. The van der Waals surface area contributed by atoms with E-state index in [2.05, 4.69) is 15.2 Å². The number of ether oxygens (including phenoxy) is 2. The molecule has 0 amide bonds. The van der Waals surface area contributed by atoms with Crippen LogP contribution >= 0.6 is 0 Å². The average Bonchev–Trinajstić information content (AvgIpc) is 3.19. The first-order valence-corrected chi connectivity index (χ1v) is 13.7. The maximum absolute atomic E-state index is 13.4. The first-order chi connectivity index (χ1) is 16.5. The third kappa shape index (κ3) is 3.38. The van der Waals surface area contributed by atoms with Gasteiger partial charge in [-0.2, -0.15) is 0 Å². The number of H-pyrrole nitrogens is 1. The van der Waals surface area contributed by atoms with E-state index in [1.54, 1.807) is 0 Å². The van der Waals surface area contributed by atoms with Crippen LogP contribution in [0.1, 0.15) is 25.0 Å². The van der Waals surface area contributed by atoms with Crippen LogP contribution < -0.4 is 15.0 Å². The van der Waals surface area contributed by atoms with Gasteiger partial charge in [0.05, 0.1) is 12.6 Å². The number of hydrogen-bond donors (Lipinski definition) is 2. The Hall–Kier alpha value is -2.69. The number of piperidine rings is 1. The molecular formula is C24H29N5O4S.